The summed E-state index contributed by atoms with van der Waals surface area (Å²) in [6.45, 7) is 6.62. The first-order chi connectivity index (χ1) is 7.65. The van der Waals surface area contributed by atoms with Crippen LogP contribution >= 0.6 is 0 Å². The minimum Gasteiger partial charge on any atom is -0.459 e. The summed E-state index contributed by atoms with van der Waals surface area (Å²) in [6, 6.07) is 0.279. The van der Waals surface area contributed by atoms with E-state index >= 15 is 0 Å². The summed E-state index contributed by atoms with van der Waals surface area (Å²) in [5.74, 6) is -1.44. The number of nitrogens with one attached hydrogen (secondary N) is 1. The van der Waals surface area contributed by atoms with Gasteiger partial charge in [-0.05, 0) is 39.8 Å². The van der Waals surface area contributed by atoms with Gasteiger partial charge in [0.25, 0.3) is 0 Å². The van der Waals surface area contributed by atoms with E-state index in [0.717, 1.165) is 13.1 Å². The molecule has 1 amide bonds. The van der Waals surface area contributed by atoms with Crippen molar-refractivity contribution in [2.45, 2.75) is 32.7 Å². The highest BCUT2D eigenvalue weighted by molar-refractivity contribution is 6.32. The normalized spacial score (nSPS) is 18.1. The van der Waals surface area contributed by atoms with Crippen molar-refractivity contribution in [2.75, 3.05) is 26.2 Å². The van der Waals surface area contributed by atoms with Gasteiger partial charge in [-0.3, -0.25) is 9.69 Å². The van der Waals surface area contributed by atoms with Gasteiger partial charge in [-0.1, -0.05) is 0 Å². The molecule has 1 rings (SSSR count). The Labute approximate surface area is 96.1 Å². The number of amides is 1. The highest BCUT2D eigenvalue weighted by atomic mass is 16.5. The van der Waals surface area contributed by atoms with E-state index in [-0.39, 0.29) is 12.6 Å². The van der Waals surface area contributed by atoms with Gasteiger partial charge in [0.1, 0.15) is 0 Å². The van der Waals surface area contributed by atoms with Crippen LogP contribution in [0.1, 0.15) is 26.7 Å². The fourth-order valence-corrected chi connectivity index (χ4v) is 1.82. The lowest BCUT2D eigenvalue weighted by atomic mass is 10.3. The molecule has 5 nitrogen and oxygen atoms in total. The van der Waals surface area contributed by atoms with E-state index in [4.69, 9.17) is 0 Å². The minimum atomic E-state index is -0.795. The van der Waals surface area contributed by atoms with Gasteiger partial charge in [-0.25, -0.2) is 4.79 Å². The van der Waals surface area contributed by atoms with Gasteiger partial charge in [0, 0.05) is 12.6 Å². The first-order valence-electron chi connectivity index (χ1n) is 5.84. The first kappa shape index (κ1) is 13.0. The molecule has 0 aromatic carbocycles. The molecule has 0 saturated carbocycles. The quantitative estimate of drug-likeness (QED) is 0.549. The van der Waals surface area contributed by atoms with E-state index in [0.29, 0.717) is 6.54 Å². The van der Waals surface area contributed by atoms with Gasteiger partial charge in [0.15, 0.2) is 0 Å². The number of likely N-dealkylation sites (tertiary alicyclic amines) is 1. The van der Waals surface area contributed by atoms with Crippen molar-refractivity contribution in [1.29, 1.82) is 0 Å². The molecule has 1 unspecified atom stereocenters. The highest BCUT2D eigenvalue weighted by Gasteiger charge is 2.20. The number of ether oxygens (including phenoxy) is 1. The predicted molar refractivity (Wildman–Crippen MR) is 59.9 cm³/mol. The van der Waals surface area contributed by atoms with Crippen molar-refractivity contribution in [2.24, 2.45) is 0 Å². The third kappa shape index (κ3) is 3.81. The topological polar surface area (TPSA) is 58.6 Å². The van der Waals surface area contributed by atoms with E-state index in [1.54, 1.807) is 6.92 Å². The lowest BCUT2D eigenvalue weighted by Crippen LogP contribution is -2.43. The number of esters is 1. The molecule has 16 heavy (non-hydrogen) atoms. The molecule has 5 heteroatoms. The molecular formula is C11H20N2O3. The number of hydrogen-bond acceptors (Lipinski definition) is 4. The van der Waals surface area contributed by atoms with Gasteiger partial charge in [-0.15, -0.1) is 0 Å². The molecule has 0 aliphatic carbocycles. The first-order valence-corrected chi connectivity index (χ1v) is 5.84. The fraction of sp³-hybridized carbons (Fsp3) is 0.818. The average molecular weight is 228 g/mol. The maximum atomic E-state index is 11.2. The van der Waals surface area contributed by atoms with Gasteiger partial charge < -0.3 is 10.1 Å². The van der Waals surface area contributed by atoms with E-state index < -0.39 is 11.9 Å². The predicted octanol–water partition coefficient (Wildman–Crippen LogP) is 0.150. The van der Waals surface area contributed by atoms with Crippen LogP contribution in [0.25, 0.3) is 0 Å². The second-order valence-electron chi connectivity index (χ2n) is 4.02. The lowest BCUT2D eigenvalue weighted by molar-refractivity contribution is -0.154. The number of nitrogens with zero attached hydrogens (tertiary/aromatic N) is 1. The molecule has 1 N–H and O–H groups in total. The average Bonchev–Trinajstić information content (AvgIpc) is 2.79. The van der Waals surface area contributed by atoms with E-state index in [1.807, 2.05) is 0 Å². The third-order valence-corrected chi connectivity index (χ3v) is 2.78. The summed E-state index contributed by atoms with van der Waals surface area (Å²) in [6.07, 6.45) is 2.44. The van der Waals surface area contributed by atoms with Crippen LogP contribution in [0, 0.1) is 0 Å². The van der Waals surface area contributed by atoms with Crippen LogP contribution in [0.15, 0.2) is 0 Å². The van der Waals surface area contributed by atoms with Crippen molar-refractivity contribution in [3.63, 3.8) is 0 Å². The van der Waals surface area contributed by atoms with Crippen LogP contribution in [0.2, 0.25) is 0 Å². The Balaban J connectivity index is 2.22. The monoisotopic (exact) mass is 228 g/mol. The molecule has 0 radical (unpaired) electrons. The largest absolute Gasteiger partial charge is 0.459 e. The van der Waals surface area contributed by atoms with E-state index in [2.05, 4.69) is 21.9 Å². The third-order valence-electron chi connectivity index (χ3n) is 2.78. The zero-order valence-corrected chi connectivity index (χ0v) is 9.99. The van der Waals surface area contributed by atoms with E-state index in [1.165, 1.54) is 12.8 Å². The summed E-state index contributed by atoms with van der Waals surface area (Å²) in [4.78, 5) is 24.6. The summed E-state index contributed by atoms with van der Waals surface area (Å²) in [5, 5.41) is 2.59. The summed E-state index contributed by atoms with van der Waals surface area (Å²) < 4.78 is 4.60. The fourth-order valence-electron chi connectivity index (χ4n) is 1.82. The van der Waals surface area contributed by atoms with Crippen LogP contribution in [0.3, 0.4) is 0 Å². The Morgan fingerprint density at radius 3 is 2.56 bits per heavy atom. The Kier molecular flexibility index (Phi) is 5.25. The molecule has 1 aliphatic heterocycles. The van der Waals surface area contributed by atoms with Crippen LogP contribution < -0.4 is 5.32 Å². The molecule has 1 fully saturated rings. The Hall–Kier alpha value is -1.10. The van der Waals surface area contributed by atoms with Crippen LogP contribution in [-0.4, -0.2) is 49.1 Å². The maximum Gasteiger partial charge on any atom is 0.396 e. The van der Waals surface area contributed by atoms with Crippen molar-refractivity contribution in [3.05, 3.63) is 0 Å². The zero-order chi connectivity index (χ0) is 12.0. The van der Waals surface area contributed by atoms with Crippen molar-refractivity contribution < 1.29 is 14.3 Å². The number of rotatable bonds is 4. The molecule has 0 spiro atoms. The second-order valence-corrected chi connectivity index (χ2v) is 4.02. The van der Waals surface area contributed by atoms with Crippen molar-refractivity contribution >= 4 is 11.9 Å². The summed E-state index contributed by atoms with van der Waals surface area (Å²) >= 11 is 0. The Bertz CT molecular complexity index is 250. The molecule has 92 valence electrons. The summed E-state index contributed by atoms with van der Waals surface area (Å²) in [5.41, 5.74) is 0. The number of hydrogen-bond donors (Lipinski definition) is 1. The van der Waals surface area contributed by atoms with Crippen LogP contribution in [0.5, 0.6) is 0 Å². The molecule has 0 aromatic heterocycles. The van der Waals surface area contributed by atoms with Crippen molar-refractivity contribution in [3.8, 4) is 0 Å². The Morgan fingerprint density at radius 2 is 2.00 bits per heavy atom. The standard InChI is InChI=1S/C11H20N2O3/c1-3-16-11(15)10(14)12-8-9(2)13-6-4-5-7-13/h9H,3-8H2,1-2H3,(H,12,14). The highest BCUT2D eigenvalue weighted by Crippen LogP contribution is 2.10. The van der Waals surface area contributed by atoms with Crippen molar-refractivity contribution in [1.82, 2.24) is 10.2 Å². The van der Waals surface area contributed by atoms with Gasteiger partial charge in [-0.2, -0.15) is 0 Å². The number of carbonyl (C=O) groups excluding carboxylic acids is 2. The molecule has 1 atom stereocenters. The second kappa shape index (κ2) is 6.48. The van der Waals surface area contributed by atoms with Crippen LogP contribution in [0.4, 0.5) is 0 Å². The summed E-state index contributed by atoms with van der Waals surface area (Å²) in [7, 11) is 0. The zero-order valence-electron chi connectivity index (χ0n) is 9.99. The van der Waals surface area contributed by atoms with Gasteiger partial charge in [0.2, 0.25) is 0 Å². The molecule has 1 saturated heterocycles. The SMILES string of the molecule is CCOC(=O)C(=O)NCC(C)N1CCCC1. The minimum absolute atomic E-state index is 0.230. The Morgan fingerprint density at radius 1 is 1.38 bits per heavy atom. The molecule has 0 aromatic rings. The van der Waals surface area contributed by atoms with Gasteiger partial charge >= 0.3 is 11.9 Å². The smallest absolute Gasteiger partial charge is 0.396 e. The van der Waals surface area contributed by atoms with E-state index in [9.17, 15) is 9.59 Å². The molecule has 0 bridgehead atoms. The molecule has 1 aliphatic rings. The number of carbonyl (C=O) groups is 2. The lowest BCUT2D eigenvalue weighted by Gasteiger charge is -2.23. The molecule has 1 heterocycles. The molecular weight excluding hydrogens is 208 g/mol. The van der Waals surface area contributed by atoms with Crippen LogP contribution in [-0.2, 0) is 14.3 Å². The van der Waals surface area contributed by atoms with Gasteiger partial charge in [0.05, 0.1) is 6.61 Å². The maximum absolute atomic E-state index is 11.2.